The lowest BCUT2D eigenvalue weighted by atomic mass is 10.1. The molecule has 2 amide bonds. The molecule has 2 aromatic carbocycles. The van der Waals surface area contributed by atoms with Crippen LogP contribution in [0.15, 0.2) is 54.6 Å². The highest BCUT2D eigenvalue weighted by Crippen LogP contribution is 2.25. The van der Waals surface area contributed by atoms with Crippen LogP contribution < -0.4 is 10.2 Å². The first-order chi connectivity index (χ1) is 16.3. The molecule has 2 saturated heterocycles. The number of rotatable bonds is 8. The Kier molecular flexibility index (Phi) is 7.60. The number of piperazine rings is 1. The number of nitrogens with zero attached hydrogens (tertiary/aromatic N) is 3. The predicted molar refractivity (Wildman–Crippen MR) is 127 cm³/mol. The highest BCUT2D eigenvalue weighted by molar-refractivity contribution is 7.89. The van der Waals surface area contributed by atoms with Crippen molar-refractivity contribution in [1.29, 1.82) is 0 Å². The van der Waals surface area contributed by atoms with Crippen molar-refractivity contribution in [1.82, 2.24) is 14.5 Å². The van der Waals surface area contributed by atoms with E-state index in [0.717, 1.165) is 6.54 Å². The van der Waals surface area contributed by atoms with Crippen molar-refractivity contribution < 1.29 is 22.4 Å². The topological polar surface area (TPSA) is 90.0 Å². The third-order valence-corrected chi connectivity index (χ3v) is 8.14. The molecule has 0 aromatic heterocycles. The van der Waals surface area contributed by atoms with Gasteiger partial charge < -0.3 is 10.2 Å². The zero-order chi connectivity index (χ0) is 24.1. The first-order valence-corrected chi connectivity index (χ1v) is 13.0. The number of benzene rings is 2. The number of hydrogen-bond acceptors (Lipinski definition) is 5. The van der Waals surface area contributed by atoms with E-state index in [2.05, 4.69) is 22.3 Å². The summed E-state index contributed by atoms with van der Waals surface area (Å²) in [4.78, 5) is 28.5. The summed E-state index contributed by atoms with van der Waals surface area (Å²) in [5.74, 6) is -1.71. The summed E-state index contributed by atoms with van der Waals surface area (Å²) >= 11 is 0. The van der Waals surface area contributed by atoms with Crippen molar-refractivity contribution in [3.63, 3.8) is 0 Å². The number of carbonyl (C=O) groups excluding carboxylic acids is 2. The molecule has 0 aliphatic carbocycles. The Balaban J connectivity index is 1.21. The Labute approximate surface area is 199 Å². The summed E-state index contributed by atoms with van der Waals surface area (Å²) in [5, 5.41) is 2.67. The highest BCUT2D eigenvalue weighted by atomic mass is 32.2. The fourth-order valence-corrected chi connectivity index (χ4v) is 5.68. The summed E-state index contributed by atoms with van der Waals surface area (Å²) in [6, 6.07) is 15.6. The molecule has 0 saturated carbocycles. The second kappa shape index (κ2) is 10.6. The molecule has 34 heavy (non-hydrogen) atoms. The minimum atomic E-state index is -3.49. The standard InChI is InChI=1S/C24H29FN4O4S/c25-21-6-8-22(9-7-21)29-18-20(16-23(29)30)24(31)26-10-15-34(32,33)28-13-11-27(12-14-28)17-19-4-2-1-3-5-19/h1-9,20H,10-18H2,(H,26,31). The molecule has 2 aliphatic rings. The molecule has 2 fully saturated rings. The van der Waals surface area contributed by atoms with Crippen LogP contribution in [0, 0.1) is 11.7 Å². The van der Waals surface area contributed by atoms with Crippen LogP contribution in [0.5, 0.6) is 0 Å². The first-order valence-electron chi connectivity index (χ1n) is 11.4. The van der Waals surface area contributed by atoms with E-state index >= 15 is 0 Å². The van der Waals surface area contributed by atoms with Gasteiger partial charge in [0.1, 0.15) is 5.82 Å². The number of hydrogen-bond donors (Lipinski definition) is 1. The minimum Gasteiger partial charge on any atom is -0.355 e. The van der Waals surface area contributed by atoms with Gasteiger partial charge in [-0.25, -0.2) is 12.8 Å². The van der Waals surface area contributed by atoms with Crippen molar-refractivity contribution in [2.24, 2.45) is 5.92 Å². The SMILES string of the molecule is O=C(NCCS(=O)(=O)N1CCN(Cc2ccccc2)CC1)C1CC(=O)N(c2ccc(F)cc2)C1. The van der Waals surface area contributed by atoms with E-state index in [1.807, 2.05) is 18.2 Å². The smallest absolute Gasteiger partial charge is 0.227 e. The number of sulfonamides is 1. The van der Waals surface area contributed by atoms with E-state index in [1.54, 1.807) is 0 Å². The molecule has 2 aliphatic heterocycles. The lowest BCUT2D eigenvalue weighted by Crippen LogP contribution is -2.49. The molecule has 1 atom stereocenters. The Hall–Kier alpha value is -2.82. The second-order valence-electron chi connectivity index (χ2n) is 8.65. The van der Waals surface area contributed by atoms with Crippen molar-refractivity contribution >= 4 is 27.5 Å². The molecule has 2 aromatic rings. The summed E-state index contributed by atoms with van der Waals surface area (Å²) in [5.41, 5.74) is 1.74. The molecule has 10 heteroatoms. The molecule has 0 spiro atoms. The molecule has 8 nitrogen and oxygen atoms in total. The molecule has 0 radical (unpaired) electrons. The van der Waals surface area contributed by atoms with Crippen LogP contribution in [0.25, 0.3) is 0 Å². The van der Waals surface area contributed by atoms with E-state index in [0.29, 0.717) is 31.9 Å². The van der Waals surface area contributed by atoms with Gasteiger partial charge in [-0.1, -0.05) is 30.3 Å². The minimum absolute atomic E-state index is 0.00731. The zero-order valence-corrected chi connectivity index (χ0v) is 19.7. The van der Waals surface area contributed by atoms with Crippen molar-refractivity contribution in [3.8, 4) is 0 Å². The van der Waals surface area contributed by atoms with Crippen LogP contribution in [-0.4, -0.2) is 74.5 Å². The van der Waals surface area contributed by atoms with Crippen molar-refractivity contribution in [3.05, 3.63) is 66.0 Å². The summed E-state index contributed by atoms with van der Waals surface area (Å²) < 4.78 is 40.1. The van der Waals surface area contributed by atoms with Crippen LogP contribution in [0.4, 0.5) is 10.1 Å². The number of anilines is 1. The van der Waals surface area contributed by atoms with Gasteiger partial charge in [0.25, 0.3) is 0 Å². The van der Waals surface area contributed by atoms with Gasteiger partial charge in [0.05, 0.1) is 11.7 Å². The van der Waals surface area contributed by atoms with Crippen LogP contribution in [0.1, 0.15) is 12.0 Å². The normalized spacial score (nSPS) is 20.0. The van der Waals surface area contributed by atoms with Gasteiger partial charge in [-0.2, -0.15) is 4.31 Å². The average Bonchev–Trinajstić information content (AvgIpc) is 3.22. The number of halogens is 1. The monoisotopic (exact) mass is 488 g/mol. The molecule has 1 unspecified atom stereocenters. The maximum absolute atomic E-state index is 13.1. The molecular formula is C24H29FN4O4S. The molecule has 4 rings (SSSR count). The lowest BCUT2D eigenvalue weighted by molar-refractivity contribution is -0.126. The highest BCUT2D eigenvalue weighted by Gasteiger charge is 2.35. The summed E-state index contributed by atoms with van der Waals surface area (Å²) in [7, 11) is -3.49. The van der Waals surface area contributed by atoms with Gasteiger partial charge in [-0.3, -0.25) is 14.5 Å². The molecular weight excluding hydrogens is 459 g/mol. The maximum atomic E-state index is 13.1. The fraction of sp³-hybridized carbons (Fsp3) is 0.417. The van der Waals surface area contributed by atoms with Gasteiger partial charge in [-0.05, 0) is 29.8 Å². The third kappa shape index (κ3) is 5.99. The van der Waals surface area contributed by atoms with E-state index in [9.17, 15) is 22.4 Å². The Morgan fingerprint density at radius 1 is 1.00 bits per heavy atom. The Morgan fingerprint density at radius 3 is 2.35 bits per heavy atom. The van der Waals surface area contributed by atoms with E-state index < -0.39 is 21.8 Å². The molecule has 1 N–H and O–H groups in total. The number of nitrogens with one attached hydrogen (secondary N) is 1. The van der Waals surface area contributed by atoms with E-state index in [4.69, 9.17) is 0 Å². The molecule has 2 heterocycles. The quantitative estimate of drug-likeness (QED) is 0.608. The van der Waals surface area contributed by atoms with Gasteiger partial charge in [0, 0.05) is 57.9 Å². The van der Waals surface area contributed by atoms with Crippen LogP contribution in [0.3, 0.4) is 0 Å². The first kappa shape index (κ1) is 24.3. The zero-order valence-electron chi connectivity index (χ0n) is 18.9. The predicted octanol–water partition coefficient (Wildman–Crippen LogP) is 1.44. The van der Waals surface area contributed by atoms with Gasteiger partial charge in [0.2, 0.25) is 21.8 Å². The van der Waals surface area contributed by atoms with Crippen LogP contribution in [0.2, 0.25) is 0 Å². The van der Waals surface area contributed by atoms with Gasteiger partial charge in [-0.15, -0.1) is 0 Å². The summed E-state index contributed by atoms with van der Waals surface area (Å²) in [6.07, 6.45) is 0.0410. The maximum Gasteiger partial charge on any atom is 0.227 e. The van der Waals surface area contributed by atoms with E-state index in [-0.39, 0.29) is 37.1 Å². The molecule has 182 valence electrons. The molecule has 0 bridgehead atoms. The van der Waals surface area contributed by atoms with Crippen LogP contribution in [-0.2, 0) is 26.2 Å². The van der Waals surface area contributed by atoms with Gasteiger partial charge in [0.15, 0.2) is 0 Å². The second-order valence-corrected chi connectivity index (χ2v) is 10.7. The summed E-state index contributed by atoms with van der Waals surface area (Å²) in [6.45, 7) is 3.13. The largest absolute Gasteiger partial charge is 0.355 e. The lowest BCUT2D eigenvalue weighted by Gasteiger charge is -2.34. The van der Waals surface area contributed by atoms with E-state index in [1.165, 1.54) is 39.0 Å². The average molecular weight is 489 g/mol. The fourth-order valence-electron chi connectivity index (χ4n) is 4.34. The van der Waals surface area contributed by atoms with Crippen molar-refractivity contribution in [2.75, 3.05) is 49.9 Å². The Bertz CT molecular complexity index is 1100. The van der Waals surface area contributed by atoms with Crippen molar-refractivity contribution in [2.45, 2.75) is 13.0 Å². The third-order valence-electron chi connectivity index (χ3n) is 6.27. The van der Waals surface area contributed by atoms with Gasteiger partial charge >= 0.3 is 0 Å². The van der Waals surface area contributed by atoms with Crippen LogP contribution >= 0.6 is 0 Å². The number of amides is 2. The Morgan fingerprint density at radius 2 is 1.68 bits per heavy atom. The number of carbonyl (C=O) groups is 2.